The number of amides is 1. The van der Waals surface area contributed by atoms with E-state index in [1.807, 2.05) is 31.2 Å². The second kappa shape index (κ2) is 7.71. The molecule has 0 fully saturated rings. The molecule has 0 saturated carbocycles. The molecule has 100 valence electrons. The first-order valence-corrected chi connectivity index (χ1v) is 6.23. The molecule has 1 aromatic rings. The van der Waals surface area contributed by atoms with Crippen LogP contribution < -0.4 is 4.74 Å². The van der Waals surface area contributed by atoms with Crippen molar-refractivity contribution in [2.45, 2.75) is 26.3 Å². The molecule has 0 aliphatic rings. The van der Waals surface area contributed by atoms with E-state index in [-0.39, 0.29) is 12.5 Å². The highest BCUT2D eigenvalue weighted by Gasteiger charge is 2.14. The van der Waals surface area contributed by atoms with Crippen LogP contribution in [0.15, 0.2) is 24.3 Å². The van der Waals surface area contributed by atoms with Gasteiger partial charge in [-0.25, -0.2) is 0 Å². The third-order valence-electron chi connectivity index (χ3n) is 2.74. The largest absolute Gasteiger partial charge is 0.496 e. The molecule has 0 radical (unpaired) electrons. The number of rotatable bonds is 7. The normalized spacial score (nSPS) is 10.2. The Labute approximate surface area is 108 Å². The van der Waals surface area contributed by atoms with Crippen molar-refractivity contribution in [1.82, 2.24) is 4.90 Å². The van der Waals surface area contributed by atoms with E-state index in [0.29, 0.717) is 19.5 Å². The van der Waals surface area contributed by atoms with Crippen LogP contribution >= 0.6 is 0 Å². The van der Waals surface area contributed by atoms with Gasteiger partial charge in [-0.2, -0.15) is 0 Å². The zero-order valence-corrected chi connectivity index (χ0v) is 11.1. The number of carbonyl (C=O) groups excluding carboxylic acids is 1. The third-order valence-corrected chi connectivity index (χ3v) is 2.74. The van der Waals surface area contributed by atoms with Crippen molar-refractivity contribution in [2.24, 2.45) is 0 Å². The van der Waals surface area contributed by atoms with E-state index in [1.165, 1.54) is 0 Å². The minimum atomic E-state index is -0.0232. The molecule has 18 heavy (non-hydrogen) atoms. The molecule has 0 unspecified atom stereocenters. The Hall–Kier alpha value is -1.55. The minimum absolute atomic E-state index is 0.0232. The number of para-hydroxylation sites is 1. The first-order chi connectivity index (χ1) is 8.72. The smallest absolute Gasteiger partial charge is 0.222 e. The summed E-state index contributed by atoms with van der Waals surface area (Å²) in [5.41, 5.74) is 0.956. The van der Waals surface area contributed by atoms with Crippen LogP contribution in [0.4, 0.5) is 0 Å². The van der Waals surface area contributed by atoms with Gasteiger partial charge >= 0.3 is 0 Å². The number of benzene rings is 1. The molecule has 1 rings (SSSR count). The van der Waals surface area contributed by atoms with Gasteiger partial charge in [0.1, 0.15) is 5.75 Å². The lowest BCUT2D eigenvalue weighted by atomic mass is 10.1. The van der Waals surface area contributed by atoms with E-state index in [0.717, 1.165) is 17.7 Å². The highest BCUT2D eigenvalue weighted by molar-refractivity contribution is 5.76. The molecule has 4 heteroatoms. The summed E-state index contributed by atoms with van der Waals surface area (Å²) in [7, 11) is 1.61. The third kappa shape index (κ3) is 4.04. The Morgan fingerprint density at radius 2 is 2.11 bits per heavy atom. The number of aliphatic hydroxyl groups is 1. The Balaban J connectivity index is 2.79. The predicted octanol–water partition coefficient (Wildman–Crippen LogP) is 1.82. The van der Waals surface area contributed by atoms with Gasteiger partial charge in [0, 0.05) is 25.1 Å². The number of ether oxygens (including phenoxy) is 1. The van der Waals surface area contributed by atoms with Crippen LogP contribution in [0.3, 0.4) is 0 Å². The summed E-state index contributed by atoms with van der Waals surface area (Å²) in [6, 6.07) is 7.62. The van der Waals surface area contributed by atoms with Gasteiger partial charge in [-0.1, -0.05) is 25.1 Å². The molecule has 0 bridgehead atoms. The van der Waals surface area contributed by atoms with Crippen molar-refractivity contribution in [3.05, 3.63) is 29.8 Å². The topological polar surface area (TPSA) is 49.8 Å². The average Bonchev–Trinajstić information content (AvgIpc) is 2.39. The van der Waals surface area contributed by atoms with Crippen molar-refractivity contribution in [1.29, 1.82) is 0 Å². The van der Waals surface area contributed by atoms with Gasteiger partial charge in [0.2, 0.25) is 5.91 Å². The fraction of sp³-hybridized carbons (Fsp3) is 0.500. The molecule has 0 spiro atoms. The number of methoxy groups -OCH3 is 1. The Morgan fingerprint density at radius 1 is 1.39 bits per heavy atom. The second-order valence-corrected chi connectivity index (χ2v) is 4.10. The van der Waals surface area contributed by atoms with Crippen LogP contribution in [0.5, 0.6) is 5.75 Å². The fourth-order valence-electron chi connectivity index (χ4n) is 1.82. The first kappa shape index (κ1) is 14.5. The van der Waals surface area contributed by atoms with Crippen LogP contribution in [-0.4, -0.2) is 36.2 Å². The SMILES string of the molecule is CCCC(=O)N(CCO)Cc1ccccc1OC. The molecule has 4 nitrogen and oxygen atoms in total. The molecule has 0 saturated heterocycles. The predicted molar refractivity (Wildman–Crippen MR) is 70.4 cm³/mol. The van der Waals surface area contributed by atoms with E-state index in [9.17, 15) is 4.79 Å². The van der Waals surface area contributed by atoms with E-state index in [1.54, 1.807) is 12.0 Å². The van der Waals surface area contributed by atoms with Gasteiger partial charge in [0.05, 0.1) is 13.7 Å². The van der Waals surface area contributed by atoms with Crippen LogP contribution in [-0.2, 0) is 11.3 Å². The molecule has 1 amide bonds. The lowest BCUT2D eigenvalue weighted by molar-refractivity contribution is -0.132. The zero-order chi connectivity index (χ0) is 13.4. The molecule has 1 aromatic carbocycles. The highest BCUT2D eigenvalue weighted by Crippen LogP contribution is 2.19. The lowest BCUT2D eigenvalue weighted by Crippen LogP contribution is -2.32. The molecular formula is C14H21NO3. The molecule has 0 aliphatic heterocycles. The average molecular weight is 251 g/mol. The van der Waals surface area contributed by atoms with Gasteiger partial charge in [-0.05, 0) is 12.5 Å². The molecule has 1 N–H and O–H groups in total. The Kier molecular flexibility index (Phi) is 6.22. The number of aliphatic hydroxyl groups excluding tert-OH is 1. The number of hydrogen-bond acceptors (Lipinski definition) is 3. The van der Waals surface area contributed by atoms with Crippen LogP contribution in [0, 0.1) is 0 Å². The Bertz CT molecular complexity index is 379. The molecule has 0 atom stereocenters. The summed E-state index contributed by atoms with van der Waals surface area (Å²) in [6.07, 6.45) is 1.32. The highest BCUT2D eigenvalue weighted by atomic mass is 16.5. The second-order valence-electron chi connectivity index (χ2n) is 4.10. The maximum absolute atomic E-state index is 11.9. The number of carbonyl (C=O) groups is 1. The van der Waals surface area contributed by atoms with Gasteiger partial charge in [0.15, 0.2) is 0 Å². The molecule has 0 aromatic heterocycles. The van der Waals surface area contributed by atoms with Crippen LogP contribution in [0.1, 0.15) is 25.3 Å². The molecule has 0 aliphatic carbocycles. The minimum Gasteiger partial charge on any atom is -0.496 e. The Morgan fingerprint density at radius 3 is 2.72 bits per heavy atom. The molecule has 0 heterocycles. The summed E-state index contributed by atoms with van der Waals surface area (Å²) < 4.78 is 5.26. The number of nitrogens with zero attached hydrogens (tertiary/aromatic N) is 1. The van der Waals surface area contributed by atoms with Gasteiger partial charge < -0.3 is 14.7 Å². The maximum atomic E-state index is 11.9. The van der Waals surface area contributed by atoms with Crippen LogP contribution in [0.2, 0.25) is 0 Å². The summed E-state index contributed by atoms with van der Waals surface area (Å²) in [4.78, 5) is 13.6. The monoisotopic (exact) mass is 251 g/mol. The van der Waals surface area contributed by atoms with Crippen molar-refractivity contribution in [2.75, 3.05) is 20.3 Å². The van der Waals surface area contributed by atoms with Crippen molar-refractivity contribution in [3.8, 4) is 5.75 Å². The maximum Gasteiger partial charge on any atom is 0.222 e. The van der Waals surface area contributed by atoms with Crippen molar-refractivity contribution in [3.63, 3.8) is 0 Å². The fourth-order valence-corrected chi connectivity index (χ4v) is 1.82. The van der Waals surface area contributed by atoms with Crippen LogP contribution in [0.25, 0.3) is 0 Å². The van der Waals surface area contributed by atoms with E-state index >= 15 is 0 Å². The molecular weight excluding hydrogens is 230 g/mol. The van der Waals surface area contributed by atoms with E-state index < -0.39 is 0 Å². The van der Waals surface area contributed by atoms with Gasteiger partial charge in [-0.15, -0.1) is 0 Å². The summed E-state index contributed by atoms with van der Waals surface area (Å²) >= 11 is 0. The van der Waals surface area contributed by atoms with Crippen molar-refractivity contribution < 1.29 is 14.6 Å². The lowest BCUT2D eigenvalue weighted by Gasteiger charge is -2.22. The van der Waals surface area contributed by atoms with E-state index in [2.05, 4.69) is 0 Å². The van der Waals surface area contributed by atoms with Crippen molar-refractivity contribution >= 4 is 5.91 Å². The summed E-state index contributed by atoms with van der Waals surface area (Å²) in [6.45, 7) is 2.78. The summed E-state index contributed by atoms with van der Waals surface area (Å²) in [5.74, 6) is 0.835. The zero-order valence-electron chi connectivity index (χ0n) is 11.1. The van der Waals surface area contributed by atoms with E-state index in [4.69, 9.17) is 9.84 Å². The quantitative estimate of drug-likeness (QED) is 0.804. The first-order valence-electron chi connectivity index (χ1n) is 6.23. The van der Waals surface area contributed by atoms with Gasteiger partial charge in [0.25, 0.3) is 0 Å². The summed E-state index contributed by atoms with van der Waals surface area (Å²) in [5, 5.41) is 9.03. The number of hydrogen-bond donors (Lipinski definition) is 1. The standard InChI is InChI=1S/C14H21NO3/c1-3-6-14(17)15(9-10-16)11-12-7-4-5-8-13(12)18-2/h4-5,7-8,16H,3,6,9-11H2,1-2H3. The van der Waals surface area contributed by atoms with Gasteiger partial charge in [-0.3, -0.25) is 4.79 Å².